The fourth-order valence-corrected chi connectivity index (χ4v) is 2.47. The van der Waals surface area contributed by atoms with Gasteiger partial charge >= 0.3 is 6.36 Å². The molecule has 1 rings (SSSR count). The Morgan fingerprint density at radius 1 is 1.26 bits per heavy atom. The fraction of sp³-hybridized carbons (Fsp3) is 0.400. The highest BCUT2D eigenvalue weighted by Gasteiger charge is 2.33. The minimum absolute atomic E-state index is 0.0409. The number of nitrogens with two attached hydrogens (primary N) is 1. The molecule has 0 aliphatic heterocycles. The van der Waals surface area contributed by atoms with Crippen molar-refractivity contribution < 1.29 is 26.3 Å². The molecule has 1 aromatic carbocycles. The van der Waals surface area contributed by atoms with Gasteiger partial charge in [0.1, 0.15) is 10.6 Å². The molecule has 9 heteroatoms. The Morgan fingerprint density at radius 2 is 1.89 bits per heavy atom. The Kier molecular flexibility index (Phi) is 5.15. The number of halogens is 3. The number of sulfonamides is 1. The number of hydrogen-bond acceptors (Lipinski definition) is 4. The van der Waals surface area contributed by atoms with Crippen LogP contribution in [0.2, 0.25) is 0 Å². The number of rotatable bonds is 6. The highest BCUT2D eigenvalue weighted by Crippen LogP contribution is 2.29. The van der Waals surface area contributed by atoms with Gasteiger partial charge in [0.2, 0.25) is 10.0 Å². The van der Waals surface area contributed by atoms with Gasteiger partial charge in [0, 0.05) is 6.54 Å². The molecule has 1 aromatic rings. The van der Waals surface area contributed by atoms with Gasteiger partial charge in [0.25, 0.3) is 0 Å². The Labute approximate surface area is 108 Å². The monoisotopic (exact) mass is 298 g/mol. The molecule has 0 radical (unpaired) electrons. The van der Waals surface area contributed by atoms with Gasteiger partial charge in [0.05, 0.1) is 0 Å². The van der Waals surface area contributed by atoms with E-state index in [1.807, 2.05) is 0 Å². The highest BCUT2D eigenvalue weighted by atomic mass is 32.2. The van der Waals surface area contributed by atoms with Crippen molar-refractivity contribution >= 4 is 10.0 Å². The third-order valence-electron chi connectivity index (χ3n) is 2.04. The molecule has 108 valence electrons. The van der Waals surface area contributed by atoms with Gasteiger partial charge in [-0.2, -0.15) is 0 Å². The standard InChI is InChI=1S/C10H13F3N2O3S/c11-10(12,13)18-8-4-1-2-5-9(8)19(16,17)15-7-3-6-14/h1-2,4-5,15H,3,6-7,14H2. The van der Waals surface area contributed by atoms with Gasteiger partial charge in [-0.1, -0.05) is 12.1 Å². The lowest BCUT2D eigenvalue weighted by atomic mass is 10.3. The van der Waals surface area contributed by atoms with E-state index < -0.39 is 27.0 Å². The van der Waals surface area contributed by atoms with Crippen LogP contribution in [0.1, 0.15) is 6.42 Å². The molecule has 0 saturated carbocycles. The molecule has 0 aliphatic rings. The summed E-state index contributed by atoms with van der Waals surface area (Å²) in [7, 11) is -4.07. The van der Waals surface area contributed by atoms with Gasteiger partial charge in [-0.15, -0.1) is 13.2 Å². The first-order chi connectivity index (χ1) is 8.76. The van der Waals surface area contributed by atoms with Crippen LogP contribution >= 0.6 is 0 Å². The number of nitrogens with one attached hydrogen (secondary N) is 1. The van der Waals surface area contributed by atoms with Crippen molar-refractivity contribution in [1.29, 1.82) is 0 Å². The molecular weight excluding hydrogens is 285 g/mol. The third kappa shape index (κ3) is 5.05. The number of alkyl halides is 3. The van der Waals surface area contributed by atoms with Crippen molar-refractivity contribution in [2.24, 2.45) is 5.73 Å². The van der Waals surface area contributed by atoms with Crippen molar-refractivity contribution in [2.75, 3.05) is 13.1 Å². The van der Waals surface area contributed by atoms with Gasteiger partial charge in [0.15, 0.2) is 0 Å². The van der Waals surface area contributed by atoms with Crippen molar-refractivity contribution in [3.8, 4) is 5.75 Å². The van der Waals surface area contributed by atoms with Crippen molar-refractivity contribution in [1.82, 2.24) is 4.72 Å². The van der Waals surface area contributed by atoms with E-state index in [0.717, 1.165) is 12.1 Å². The molecule has 19 heavy (non-hydrogen) atoms. The minimum Gasteiger partial charge on any atom is -0.404 e. The molecule has 0 heterocycles. The molecule has 0 unspecified atom stereocenters. The van der Waals surface area contributed by atoms with Crippen LogP contribution in [0.3, 0.4) is 0 Å². The topological polar surface area (TPSA) is 81.4 Å². The molecule has 3 N–H and O–H groups in total. The average Bonchev–Trinajstić information content (AvgIpc) is 2.27. The van der Waals surface area contributed by atoms with Crippen molar-refractivity contribution in [3.05, 3.63) is 24.3 Å². The summed E-state index contributed by atoms with van der Waals surface area (Å²) < 4.78 is 65.9. The molecule has 0 spiro atoms. The maximum Gasteiger partial charge on any atom is 0.573 e. The third-order valence-corrected chi connectivity index (χ3v) is 3.54. The van der Waals surface area contributed by atoms with Crippen LogP contribution in [0.5, 0.6) is 5.75 Å². The largest absolute Gasteiger partial charge is 0.573 e. The van der Waals surface area contributed by atoms with E-state index in [1.165, 1.54) is 12.1 Å². The lowest BCUT2D eigenvalue weighted by molar-refractivity contribution is -0.275. The summed E-state index contributed by atoms with van der Waals surface area (Å²) in [5.41, 5.74) is 5.20. The minimum atomic E-state index is -4.96. The molecule has 0 saturated heterocycles. The van der Waals surface area contributed by atoms with Gasteiger partial charge < -0.3 is 10.5 Å². The first-order valence-electron chi connectivity index (χ1n) is 5.31. The quantitative estimate of drug-likeness (QED) is 0.774. The second-order valence-corrected chi connectivity index (χ2v) is 5.27. The van der Waals surface area contributed by atoms with E-state index in [1.54, 1.807) is 0 Å². The maximum absolute atomic E-state index is 12.2. The molecular formula is C10H13F3N2O3S. The summed E-state index contributed by atoms with van der Waals surface area (Å²) in [6.45, 7) is 0.308. The van der Waals surface area contributed by atoms with Crippen LogP contribution in [-0.2, 0) is 10.0 Å². The molecule has 0 amide bonds. The second kappa shape index (κ2) is 6.22. The highest BCUT2D eigenvalue weighted by molar-refractivity contribution is 7.89. The Balaban J connectivity index is 2.99. The van der Waals surface area contributed by atoms with E-state index in [0.29, 0.717) is 6.42 Å². The molecule has 0 aliphatic carbocycles. The Morgan fingerprint density at radius 3 is 2.47 bits per heavy atom. The molecule has 0 aromatic heterocycles. The van der Waals surface area contributed by atoms with Gasteiger partial charge in [-0.25, -0.2) is 13.1 Å². The van der Waals surface area contributed by atoms with Crippen LogP contribution in [0, 0.1) is 0 Å². The van der Waals surface area contributed by atoms with E-state index >= 15 is 0 Å². The zero-order valence-electron chi connectivity index (χ0n) is 9.77. The number of hydrogen-bond donors (Lipinski definition) is 2. The van der Waals surface area contributed by atoms with E-state index in [-0.39, 0.29) is 13.1 Å². The zero-order valence-corrected chi connectivity index (χ0v) is 10.6. The molecule has 5 nitrogen and oxygen atoms in total. The SMILES string of the molecule is NCCCNS(=O)(=O)c1ccccc1OC(F)(F)F. The van der Waals surface area contributed by atoms with Gasteiger partial charge in [-0.3, -0.25) is 0 Å². The number of benzene rings is 1. The molecule has 0 fully saturated rings. The van der Waals surface area contributed by atoms with Crippen LogP contribution in [0.4, 0.5) is 13.2 Å². The zero-order chi connectivity index (χ0) is 14.5. The second-order valence-electron chi connectivity index (χ2n) is 3.53. The summed E-state index contributed by atoms with van der Waals surface area (Å²) in [5.74, 6) is -0.768. The van der Waals surface area contributed by atoms with E-state index in [2.05, 4.69) is 9.46 Å². The summed E-state index contributed by atoms with van der Waals surface area (Å²) in [6, 6.07) is 4.53. The maximum atomic E-state index is 12.2. The lowest BCUT2D eigenvalue weighted by Gasteiger charge is -2.13. The van der Waals surface area contributed by atoms with Crippen molar-refractivity contribution in [2.45, 2.75) is 17.7 Å². The lowest BCUT2D eigenvalue weighted by Crippen LogP contribution is -2.27. The summed E-state index contributed by atoms with van der Waals surface area (Å²) in [5, 5.41) is 0. The summed E-state index contributed by atoms with van der Waals surface area (Å²) >= 11 is 0. The Bertz CT molecular complexity index is 517. The van der Waals surface area contributed by atoms with Gasteiger partial charge in [-0.05, 0) is 25.1 Å². The number of para-hydroxylation sites is 1. The predicted molar refractivity (Wildman–Crippen MR) is 62.0 cm³/mol. The smallest absolute Gasteiger partial charge is 0.404 e. The first kappa shape index (κ1) is 15.7. The molecule has 0 atom stereocenters. The van der Waals surface area contributed by atoms with Crippen molar-refractivity contribution in [3.63, 3.8) is 0 Å². The van der Waals surface area contributed by atoms with Crippen LogP contribution in [0.15, 0.2) is 29.2 Å². The summed E-state index contributed by atoms with van der Waals surface area (Å²) in [6.07, 6.45) is -4.58. The first-order valence-corrected chi connectivity index (χ1v) is 6.79. The normalized spacial score (nSPS) is 12.4. The fourth-order valence-electron chi connectivity index (χ4n) is 1.27. The predicted octanol–water partition coefficient (Wildman–Crippen LogP) is 1.21. The van der Waals surface area contributed by atoms with Crippen LogP contribution < -0.4 is 15.2 Å². The van der Waals surface area contributed by atoms with Crippen LogP contribution in [-0.4, -0.2) is 27.9 Å². The van der Waals surface area contributed by atoms with Crippen LogP contribution in [0.25, 0.3) is 0 Å². The average molecular weight is 298 g/mol. The number of ether oxygens (including phenoxy) is 1. The van der Waals surface area contributed by atoms with E-state index in [4.69, 9.17) is 5.73 Å². The summed E-state index contributed by atoms with van der Waals surface area (Å²) in [4.78, 5) is -0.565. The Hall–Kier alpha value is -1.32. The van der Waals surface area contributed by atoms with E-state index in [9.17, 15) is 21.6 Å². The molecule has 0 bridgehead atoms.